The molecule has 3 N–H and O–H groups in total. The van der Waals surface area contributed by atoms with Gasteiger partial charge >= 0.3 is 0 Å². The van der Waals surface area contributed by atoms with Crippen molar-refractivity contribution >= 4 is 40.2 Å². The highest BCUT2D eigenvalue weighted by Crippen LogP contribution is 2.27. The molecule has 0 atom stereocenters. The van der Waals surface area contributed by atoms with Crippen molar-refractivity contribution in [2.24, 2.45) is 5.73 Å². The molecule has 0 aliphatic rings. The monoisotopic (exact) mass is 343 g/mol. The average molecular weight is 343 g/mol. The van der Waals surface area contributed by atoms with Crippen LogP contribution in [0.1, 0.15) is 16.1 Å². The first-order valence-corrected chi connectivity index (χ1v) is 8.56. The first kappa shape index (κ1) is 15.4. The molecule has 0 bridgehead atoms. The molecule has 116 valence electrons. The Bertz CT molecular complexity index is 841. The van der Waals surface area contributed by atoms with Crippen LogP contribution in [0.15, 0.2) is 47.2 Å². The van der Waals surface area contributed by atoms with Gasteiger partial charge in [0.2, 0.25) is 11.8 Å². The van der Waals surface area contributed by atoms with Crippen LogP contribution in [0.25, 0.3) is 9.88 Å². The van der Waals surface area contributed by atoms with Gasteiger partial charge in [-0.25, -0.2) is 4.98 Å². The third kappa shape index (κ3) is 3.82. The minimum atomic E-state index is -0.527. The number of primary amides is 1. The van der Waals surface area contributed by atoms with E-state index in [0.717, 1.165) is 15.6 Å². The predicted octanol–water partition coefficient (Wildman–Crippen LogP) is 3.15. The molecule has 0 fully saturated rings. The predicted molar refractivity (Wildman–Crippen MR) is 92.7 cm³/mol. The standard InChI is InChI=1S/C16H13N3O2S2/c17-15(21)10-3-1-4-11(7-10)18-14(20)8-12-9-23-16(19-12)13-5-2-6-22-13/h1-7,9H,8H2,(H2,17,21)(H,18,20). The first-order chi connectivity index (χ1) is 11.1. The second-order valence-corrected chi connectivity index (χ2v) is 6.60. The van der Waals surface area contributed by atoms with Gasteiger partial charge in [0.15, 0.2) is 0 Å². The molecule has 0 saturated carbocycles. The van der Waals surface area contributed by atoms with E-state index in [4.69, 9.17) is 5.73 Å². The van der Waals surface area contributed by atoms with Crippen LogP contribution in [-0.2, 0) is 11.2 Å². The summed E-state index contributed by atoms with van der Waals surface area (Å²) in [5, 5.41) is 7.54. The normalized spacial score (nSPS) is 10.4. The van der Waals surface area contributed by atoms with Crippen LogP contribution in [-0.4, -0.2) is 16.8 Å². The molecule has 0 unspecified atom stereocenters. The van der Waals surface area contributed by atoms with Crippen LogP contribution in [0.4, 0.5) is 5.69 Å². The van der Waals surface area contributed by atoms with E-state index >= 15 is 0 Å². The van der Waals surface area contributed by atoms with Crippen LogP contribution < -0.4 is 11.1 Å². The lowest BCUT2D eigenvalue weighted by molar-refractivity contribution is -0.115. The highest BCUT2D eigenvalue weighted by atomic mass is 32.1. The molecule has 2 heterocycles. The van der Waals surface area contributed by atoms with Crippen LogP contribution >= 0.6 is 22.7 Å². The van der Waals surface area contributed by atoms with E-state index in [0.29, 0.717) is 11.3 Å². The van der Waals surface area contributed by atoms with Crippen molar-refractivity contribution in [3.63, 3.8) is 0 Å². The van der Waals surface area contributed by atoms with Gasteiger partial charge in [-0.3, -0.25) is 9.59 Å². The molecule has 0 spiro atoms. The number of thiazole rings is 1. The van der Waals surface area contributed by atoms with E-state index in [1.165, 1.54) is 11.3 Å². The van der Waals surface area contributed by atoms with Crippen molar-refractivity contribution in [3.05, 3.63) is 58.4 Å². The van der Waals surface area contributed by atoms with Crippen molar-refractivity contribution in [2.45, 2.75) is 6.42 Å². The number of nitrogens with two attached hydrogens (primary N) is 1. The average Bonchev–Trinajstić information content (AvgIpc) is 3.18. The summed E-state index contributed by atoms with van der Waals surface area (Å²) in [7, 11) is 0. The SMILES string of the molecule is NC(=O)c1cccc(NC(=O)Cc2csc(-c3cccs3)n2)c1. The van der Waals surface area contributed by atoms with Crippen LogP contribution in [0.2, 0.25) is 0 Å². The van der Waals surface area contributed by atoms with Crippen LogP contribution in [0.5, 0.6) is 0 Å². The molecule has 5 nitrogen and oxygen atoms in total. The fourth-order valence-corrected chi connectivity index (χ4v) is 3.66. The molecule has 7 heteroatoms. The summed E-state index contributed by atoms with van der Waals surface area (Å²) >= 11 is 3.14. The summed E-state index contributed by atoms with van der Waals surface area (Å²) in [6, 6.07) is 10.5. The maximum atomic E-state index is 12.1. The van der Waals surface area contributed by atoms with Gasteiger partial charge in [0.05, 0.1) is 17.0 Å². The van der Waals surface area contributed by atoms with Gasteiger partial charge in [0.25, 0.3) is 0 Å². The minimum Gasteiger partial charge on any atom is -0.366 e. The van der Waals surface area contributed by atoms with Gasteiger partial charge in [-0.2, -0.15) is 0 Å². The van der Waals surface area contributed by atoms with E-state index in [2.05, 4.69) is 10.3 Å². The lowest BCUT2D eigenvalue weighted by Gasteiger charge is -2.05. The summed E-state index contributed by atoms with van der Waals surface area (Å²) in [6.45, 7) is 0. The zero-order valence-electron chi connectivity index (χ0n) is 12.0. The summed E-state index contributed by atoms with van der Waals surface area (Å²) in [5.41, 5.74) is 6.85. The Labute approximate surface area is 140 Å². The summed E-state index contributed by atoms with van der Waals surface area (Å²) in [6.07, 6.45) is 0.183. The zero-order chi connectivity index (χ0) is 16.2. The molecule has 23 heavy (non-hydrogen) atoms. The smallest absolute Gasteiger partial charge is 0.248 e. The number of amides is 2. The van der Waals surface area contributed by atoms with Crippen LogP contribution in [0.3, 0.4) is 0 Å². The number of hydrogen-bond acceptors (Lipinski definition) is 5. The summed E-state index contributed by atoms with van der Waals surface area (Å²) in [4.78, 5) is 28.8. The molecular weight excluding hydrogens is 330 g/mol. The van der Waals surface area contributed by atoms with Gasteiger partial charge in [-0.05, 0) is 29.6 Å². The molecule has 0 radical (unpaired) electrons. The fraction of sp³-hybridized carbons (Fsp3) is 0.0625. The van der Waals surface area contributed by atoms with Crippen molar-refractivity contribution < 1.29 is 9.59 Å². The Morgan fingerprint density at radius 1 is 1.17 bits per heavy atom. The number of hydrogen-bond donors (Lipinski definition) is 2. The Morgan fingerprint density at radius 3 is 2.78 bits per heavy atom. The quantitative estimate of drug-likeness (QED) is 0.746. The molecule has 0 aliphatic heterocycles. The van der Waals surface area contributed by atoms with E-state index in [-0.39, 0.29) is 12.3 Å². The largest absolute Gasteiger partial charge is 0.366 e. The minimum absolute atomic E-state index is 0.183. The van der Waals surface area contributed by atoms with Gasteiger partial charge in [0.1, 0.15) is 5.01 Å². The lowest BCUT2D eigenvalue weighted by Crippen LogP contribution is -2.16. The van der Waals surface area contributed by atoms with Gasteiger partial charge < -0.3 is 11.1 Å². The molecule has 2 aromatic heterocycles. The molecule has 3 rings (SSSR count). The number of nitrogens with one attached hydrogen (secondary N) is 1. The second kappa shape index (κ2) is 6.72. The van der Waals surface area contributed by atoms with Crippen molar-refractivity contribution in [2.75, 3.05) is 5.32 Å². The molecule has 3 aromatic rings. The van der Waals surface area contributed by atoms with E-state index in [9.17, 15) is 9.59 Å². The Hall–Kier alpha value is -2.51. The number of nitrogens with zero attached hydrogens (tertiary/aromatic N) is 1. The Kier molecular flexibility index (Phi) is 4.50. The summed E-state index contributed by atoms with van der Waals surface area (Å²) in [5.74, 6) is -0.712. The van der Waals surface area contributed by atoms with Crippen molar-refractivity contribution in [3.8, 4) is 9.88 Å². The Balaban J connectivity index is 1.66. The highest BCUT2D eigenvalue weighted by Gasteiger charge is 2.10. The molecule has 0 aliphatic carbocycles. The number of thiophene rings is 1. The van der Waals surface area contributed by atoms with Crippen molar-refractivity contribution in [1.29, 1.82) is 0 Å². The van der Waals surface area contributed by atoms with Crippen LogP contribution in [0, 0.1) is 0 Å². The third-order valence-electron chi connectivity index (χ3n) is 3.06. The fourth-order valence-electron chi connectivity index (χ4n) is 2.02. The number of rotatable bonds is 5. The third-order valence-corrected chi connectivity index (χ3v) is 4.99. The number of carbonyl (C=O) groups excluding carboxylic acids is 2. The first-order valence-electron chi connectivity index (χ1n) is 6.80. The highest BCUT2D eigenvalue weighted by molar-refractivity contribution is 7.20. The van der Waals surface area contributed by atoms with Gasteiger partial charge in [-0.15, -0.1) is 22.7 Å². The maximum Gasteiger partial charge on any atom is 0.248 e. The second-order valence-electron chi connectivity index (χ2n) is 4.79. The topological polar surface area (TPSA) is 85.1 Å². The van der Waals surface area contributed by atoms with E-state index < -0.39 is 5.91 Å². The molecule has 0 saturated heterocycles. The van der Waals surface area contributed by atoms with Gasteiger partial charge in [-0.1, -0.05) is 12.1 Å². The number of carbonyl (C=O) groups is 2. The Morgan fingerprint density at radius 2 is 2.04 bits per heavy atom. The van der Waals surface area contributed by atoms with E-state index in [1.807, 2.05) is 22.9 Å². The number of benzene rings is 1. The number of aromatic nitrogens is 1. The maximum absolute atomic E-state index is 12.1. The molecule has 1 aromatic carbocycles. The van der Waals surface area contributed by atoms with E-state index in [1.54, 1.807) is 35.6 Å². The molecular formula is C16H13N3O2S2. The zero-order valence-corrected chi connectivity index (χ0v) is 13.6. The molecule has 2 amide bonds. The van der Waals surface area contributed by atoms with Gasteiger partial charge in [0, 0.05) is 16.6 Å². The number of anilines is 1. The summed E-state index contributed by atoms with van der Waals surface area (Å²) < 4.78 is 0. The lowest BCUT2D eigenvalue weighted by atomic mass is 10.2. The van der Waals surface area contributed by atoms with Crippen molar-refractivity contribution in [1.82, 2.24) is 4.98 Å².